The minimum absolute atomic E-state index is 0.0521. The summed E-state index contributed by atoms with van der Waals surface area (Å²) in [6.07, 6.45) is 2.93. The van der Waals surface area contributed by atoms with Gasteiger partial charge in [-0.2, -0.15) is 11.3 Å². The van der Waals surface area contributed by atoms with Crippen molar-refractivity contribution in [2.75, 3.05) is 0 Å². The van der Waals surface area contributed by atoms with Gasteiger partial charge in [0.25, 0.3) is 0 Å². The molecule has 1 amide bonds. The van der Waals surface area contributed by atoms with Gasteiger partial charge in [0, 0.05) is 17.8 Å². The van der Waals surface area contributed by atoms with Crippen LogP contribution < -0.4 is 10.9 Å². The average molecular weight is 288 g/mol. The Hall–Kier alpha value is -1.88. The van der Waals surface area contributed by atoms with Crippen molar-refractivity contribution in [2.45, 2.75) is 31.7 Å². The largest absolute Gasteiger partial charge is 0.353 e. The Labute approximate surface area is 120 Å². The molecule has 2 aromatic rings. The lowest BCUT2D eigenvalue weighted by atomic mass is 9.92. The van der Waals surface area contributed by atoms with E-state index in [4.69, 9.17) is 0 Å². The second-order valence-electron chi connectivity index (χ2n) is 5.14. The SMILES string of the molecule is O=C(Cc1ccsc1)NC1CCc2[nH]c(=O)ccc2C1. The van der Waals surface area contributed by atoms with E-state index in [2.05, 4.69) is 10.3 Å². The third kappa shape index (κ3) is 2.99. The zero-order valence-electron chi connectivity index (χ0n) is 11.0. The van der Waals surface area contributed by atoms with Gasteiger partial charge in [-0.3, -0.25) is 9.59 Å². The van der Waals surface area contributed by atoms with E-state index in [1.165, 1.54) is 0 Å². The third-order valence-corrected chi connectivity index (χ3v) is 4.35. The molecule has 0 spiro atoms. The number of aryl methyl sites for hydroxylation is 1. The normalized spacial score (nSPS) is 17.5. The summed E-state index contributed by atoms with van der Waals surface area (Å²) < 4.78 is 0. The summed E-state index contributed by atoms with van der Waals surface area (Å²) in [5, 5.41) is 7.07. The number of carbonyl (C=O) groups excluding carboxylic acids is 1. The lowest BCUT2D eigenvalue weighted by Crippen LogP contribution is -2.40. The molecule has 0 bridgehead atoms. The van der Waals surface area contributed by atoms with Gasteiger partial charge < -0.3 is 10.3 Å². The zero-order chi connectivity index (χ0) is 13.9. The highest BCUT2D eigenvalue weighted by molar-refractivity contribution is 7.07. The van der Waals surface area contributed by atoms with Gasteiger partial charge in [0.05, 0.1) is 6.42 Å². The molecule has 3 rings (SSSR count). The number of hydrogen-bond donors (Lipinski definition) is 2. The van der Waals surface area contributed by atoms with Gasteiger partial charge in [-0.05, 0) is 47.2 Å². The van der Waals surface area contributed by atoms with Crippen LogP contribution in [0.5, 0.6) is 0 Å². The molecule has 20 heavy (non-hydrogen) atoms. The Balaban J connectivity index is 1.61. The molecular weight excluding hydrogens is 272 g/mol. The van der Waals surface area contributed by atoms with Crippen LogP contribution in [0.2, 0.25) is 0 Å². The number of hydrogen-bond acceptors (Lipinski definition) is 3. The molecule has 0 fully saturated rings. The topological polar surface area (TPSA) is 62.0 Å². The van der Waals surface area contributed by atoms with E-state index in [0.29, 0.717) is 6.42 Å². The van der Waals surface area contributed by atoms with Crippen molar-refractivity contribution in [1.29, 1.82) is 0 Å². The van der Waals surface area contributed by atoms with Gasteiger partial charge in [-0.25, -0.2) is 0 Å². The average Bonchev–Trinajstić information content (AvgIpc) is 2.91. The van der Waals surface area contributed by atoms with Crippen LogP contribution in [-0.2, 0) is 24.1 Å². The van der Waals surface area contributed by atoms with Crippen molar-refractivity contribution in [3.05, 3.63) is 56.1 Å². The first-order valence-electron chi connectivity index (χ1n) is 6.72. The van der Waals surface area contributed by atoms with Gasteiger partial charge in [0.1, 0.15) is 0 Å². The van der Waals surface area contributed by atoms with Crippen LogP contribution in [0.3, 0.4) is 0 Å². The predicted octanol–water partition coefficient (Wildman–Crippen LogP) is 1.65. The molecule has 0 saturated carbocycles. The summed E-state index contributed by atoms with van der Waals surface area (Å²) in [5.41, 5.74) is 3.16. The van der Waals surface area contributed by atoms with Crippen molar-refractivity contribution < 1.29 is 4.79 Å². The molecule has 1 aliphatic carbocycles. The molecule has 1 aliphatic rings. The van der Waals surface area contributed by atoms with Crippen LogP contribution in [0.15, 0.2) is 33.8 Å². The number of aromatic amines is 1. The maximum atomic E-state index is 12.0. The number of thiophene rings is 1. The highest BCUT2D eigenvalue weighted by Crippen LogP contribution is 2.18. The number of amides is 1. The van der Waals surface area contributed by atoms with Crippen molar-refractivity contribution >= 4 is 17.2 Å². The lowest BCUT2D eigenvalue weighted by molar-refractivity contribution is -0.121. The fraction of sp³-hybridized carbons (Fsp3) is 0.333. The summed E-state index contributed by atoms with van der Waals surface area (Å²) in [6, 6.07) is 5.56. The summed E-state index contributed by atoms with van der Waals surface area (Å²) >= 11 is 1.61. The van der Waals surface area contributed by atoms with Crippen LogP contribution >= 0.6 is 11.3 Å². The predicted molar refractivity (Wildman–Crippen MR) is 79.0 cm³/mol. The molecule has 4 nitrogen and oxygen atoms in total. The van der Waals surface area contributed by atoms with Gasteiger partial charge in [0.2, 0.25) is 11.5 Å². The van der Waals surface area contributed by atoms with E-state index in [0.717, 1.165) is 36.1 Å². The smallest absolute Gasteiger partial charge is 0.248 e. The van der Waals surface area contributed by atoms with E-state index in [1.54, 1.807) is 17.4 Å². The van der Waals surface area contributed by atoms with Crippen molar-refractivity contribution in [3.8, 4) is 0 Å². The van der Waals surface area contributed by atoms with Crippen LogP contribution in [0.25, 0.3) is 0 Å². The first kappa shape index (κ1) is 13.1. The number of fused-ring (bicyclic) bond motifs is 1. The molecule has 0 radical (unpaired) electrons. The molecule has 1 unspecified atom stereocenters. The Morgan fingerprint density at radius 1 is 1.40 bits per heavy atom. The molecule has 5 heteroatoms. The van der Waals surface area contributed by atoms with Gasteiger partial charge in [0.15, 0.2) is 0 Å². The molecule has 104 valence electrons. The number of nitrogens with one attached hydrogen (secondary N) is 2. The number of aromatic nitrogens is 1. The number of H-pyrrole nitrogens is 1. The monoisotopic (exact) mass is 288 g/mol. The molecule has 0 aromatic carbocycles. The van der Waals surface area contributed by atoms with Crippen molar-refractivity contribution in [1.82, 2.24) is 10.3 Å². The Kier molecular flexibility index (Phi) is 3.69. The third-order valence-electron chi connectivity index (χ3n) is 3.62. The highest BCUT2D eigenvalue weighted by atomic mass is 32.1. The molecule has 2 heterocycles. The second kappa shape index (κ2) is 5.63. The van der Waals surface area contributed by atoms with Gasteiger partial charge >= 0.3 is 0 Å². The van der Waals surface area contributed by atoms with Crippen LogP contribution in [0.1, 0.15) is 23.2 Å². The first-order valence-corrected chi connectivity index (χ1v) is 7.66. The summed E-state index contributed by atoms with van der Waals surface area (Å²) in [7, 11) is 0. The summed E-state index contributed by atoms with van der Waals surface area (Å²) in [4.78, 5) is 26.1. The first-order chi connectivity index (χ1) is 9.70. The molecular formula is C15H16N2O2S. The standard InChI is InChI=1S/C15H16N2O2S/c18-14-4-1-11-8-12(2-3-13(11)17-14)16-15(19)7-10-5-6-20-9-10/h1,4-6,9,12H,2-3,7-8H2,(H,16,19)(H,17,18). The fourth-order valence-electron chi connectivity index (χ4n) is 2.63. The van der Waals surface area contributed by atoms with E-state index < -0.39 is 0 Å². The molecule has 0 aliphatic heterocycles. The molecule has 1 atom stereocenters. The maximum absolute atomic E-state index is 12.0. The number of pyridine rings is 1. The number of carbonyl (C=O) groups is 1. The van der Waals surface area contributed by atoms with Gasteiger partial charge in [-0.15, -0.1) is 0 Å². The minimum Gasteiger partial charge on any atom is -0.353 e. The van der Waals surface area contributed by atoms with Crippen LogP contribution in [0.4, 0.5) is 0 Å². The van der Waals surface area contributed by atoms with Crippen molar-refractivity contribution in [3.63, 3.8) is 0 Å². The molecule has 0 saturated heterocycles. The van der Waals surface area contributed by atoms with Crippen molar-refractivity contribution in [2.24, 2.45) is 0 Å². The Morgan fingerprint density at radius 3 is 3.10 bits per heavy atom. The van der Waals surface area contributed by atoms with Gasteiger partial charge in [-0.1, -0.05) is 6.07 Å². The van der Waals surface area contributed by atoms with Crippen LogP contribution in [-0.4, -0.2) is 16.9 Å². The van der Waals surface area contributed by atoms with Crippen LogP contribution in [0, 0.1) is 0 Å². The molecule has 2 N–H and O–H groups in total. The summed E-state index contributed by atoms with van der Waals surface area (Å²) in [6.45, 7) is 0. The Morgan fingerprint density at radius 2 is 2.30 bits per heavy atom. The van der Waals surface area contributed by atoms with E-state index in [9.17, 15) is 9.59 Å². The minimum atomic E-state index is -0.0521. The second-order valence-corrected chi connectivity index (χ2v) is 5.92. The van der Waals surface area contributed by atoms with E-state index >= 15 is 0 Å². The summed E-state index contributed by atoms with van der Waals surface area (Å²) in [5.74, 6) is 0.0706. The molecule has 2 aromatic heterocycles. The van der Waals surface area contributed by atoms with E-state index in [-0.39, 0.29) is 17.5 Å². The Bertz CT molecular complexity index is 661. The highest BCUT2D eigenvalue weighted by Gasteiger charge is 2.20. The van der Waals surface area contributed by atoms with E-state index in [1.807, 2.05) is 22.9 Å². The zero-order valence-corrected chi connectivity index (χ0v) is 11.8. The fourth-order valence-corrected chi connectivity index (χ4v) is 3.30. The lowest BCUT2D eigenvalue weighted by Gasteiger charge is -2.25. The maximum Gasteiger partial charge on any atom is 0.248 e. The quantitative estimate of drug-likeness (QED) is 0.902. The number of rotatable bonds is 3.